The molecule has 0 bridgehead atoms. The van der Waals surface area contributed by atoms with Gasteiger partial charge in [-0.15, -0.1) is 0 Å². The highest BCUT2D eigenvalue weighted by Crippen LogP contribution is 2.43. The fraction of sp³-hybridized carbons (Fsp3) is 0.571. The molecule has 3 heterocycles. The number of H-pyrrole nitrogens is 1. The molecule has 0 spiro atoms. The summed E-state index contributed by atoms with van der Waals surface area (Å²) in [7, 11) is 1.48. The van der Waals surface area contributed by atoms with Crippen LogP contribution in [0.4, 0.5) is 0 Å². The molecule has 5 rings (SSSR count). The van der Waals surface area contributed by atoms with E-state index in [1.807, 2.05) is 0 Å². The van der Waals surface area contributed by atoms with Crippen LogP contribution in [0.25, 0.3) is 10.9 Å². The number of benzene rings is 1. The van der Waals surface area contributed by atoms with Crippen molar-refractivity contribution in [2.24, 2.45) is 5.92 Å². The molecule has 1 aliphatic carbocycles. The molecule has 0 saturated carbocycles. The van der Waals surface area contributed by atoms with Crippen molar-refractivity contribution in [3.8, 4) is 0 Å². The highest BCUT2D eigenvalue weighted by Gasteiger charge is 2.39. The zero-order valence-electron chi connectivity index (χ0n) is 15.8. The normalized spacial score (nSPS) is 28.1. The number of rotatable bonds is 3. The molecular weight excluding hydrogens is 342 g/mol. The second-order valence-corrected chi connectivity index (χ2v) is 8.02. The van der Waals surface area contributed by atoms with Gasteiger partial charge in [-0.05, 0) is 30.0 Å². The summed E-state index contributed by atoms with van der Waals surface area (Å²) in [4.78, 5) is 18.2. The van der Waals surface area contributed by atoms with E-state index >= 15 is 0 Å². The summed E-state index contributed by atoms with van der Waals surface area (Å²) in [5.74, 6) is 0.215. The van der Waals surface area contributed by atoms with Crippen LogP contribution < -0.4 is 5.32 Å². The van der Waals surface area contributed by atoms with E-state index in [0.717, 1.165) is 45.7 Å². The standard InChI is InChI=1S/C21H27N3O3/c1-26-21(25)13-9-15-14-3-2-4-17-20(14)16(10-18(15)22-11-13)19(23-17)12-24-5-7-27-8-6-24/h2-4,13,15,18,22-23H,5-12H2,1H3/t13-,15-,18-/m1/s1. The zero-order chi connectivity index (χ0) is 18.4. The minimum atomic E-state index is -0.0963. The lowest BCUT2D eigenvalue weighted by molar-refractivity contribution is -0.146. The third kappa shape index (κ3) is 2.96. The molecular formula is C21H27N3O3. The van der Waals surface area contributed by atoms with Crippen LogP contribution in [0.5, 0.6) is 0 Å². The van der Waals surface area contributed by atoms with E-state index in [4.69, 9.17) is 9.47 Å². The summed E-state index contributed by atoms with van der Waals surface area (Å²) >= 11 is 0. The van der Waals surface area contributed by atoms with Gasteiger partial charge in [0.05, 0.1) is 26.2 Å². The molecule has 2 aromatic rings. The Bertz CT molecular complexity index is 856. The number of hydrogen-bond donors (Lipinski definition) is 2. The zero-order valence-corrected chi connectivity index (χ0v) is 15.8. The first kappa shape index (κ1) is 17.2. The maximum absolute atomic E-state index is 12.1. The van der Waals surface area contributed by atoms with Crippen LogP contribution in [-0.2, 0) is 27.2 Å². The lowest BCUT2D eigenvalue weighted by atomic mass is 9.73. The van der Waals surface area contributed by atoms with Gasteiger partial charge in [-0.3, -0.25) is 9.69 Å². The monoisotopic (exact) mass is 369 g/mol. The van der Waals surface area contributed by atoms with Crippen molar-refractivity contribution in [3.63, 3.8) is 0 Å². The van der Waals surface area contributed by atoms with Crippen molar-refractivity contribution in [2.45, 2.75) is 31.3 Å². The summed E-state index contributed by atoms with van der Waals surface area (Å²) in [6, 6.07) is 6.96. The molecule has 3 atom stereocenters. The first-order valence-corrected chi connectivity index (χ1v) is 9.98. The molecule has 0 unspecified atom stereocenters. The van der Waals surface area contributed by atoms with E-state index in [1.54, 1.807) is 0 Å². The van der Waals surface area contributed by atoms with Crippen LogP contribution in [0, 0.1) is 5.92 Å². The van der Waals surface area contributed by atoms with Crippen LogP contribution in [0.3, 0.4) is 0 Å². The molecule has 0 amide bonds. The van der Waals surface area contributed by atoms with E-state index in [9.17, 15) is 4.79 Å². The Kier molecular flexibility index (Phi) is 4.42. The third-order valence-electron chi connectivity index (χ3n) is 6.54. The van der Waals surface area contributed by atoms with Crippen molar-refractivity contribution in [1.82, 2.24) is 15.2 Å². The van der Waals surface area contributed by atoms with E-state index in [2.05, 4.69) is 33.4 Å². The van der Waals surface area contributed by atoms with E-state index < -0.39 is 0 Å². The number of esters is 1. The molecule has 2 saturated heterocycles. The fourth-order valence-corrected chi connectivity index (χ4v) is 5.17. The van der Waals surface area contributed by atoms with Crippen molar-refractivity contribution in [2.75, 3.05) is 40.0 Å². The van der Waals surface area contributed by atoms with Crippen molar-refractivity contribution >= 4 is 16.9 Å². The largest absolute Gasteiger partial charge is 0.469 e. The van der Waals surface area contributed by atoms with Gasteiger partial charge in [0.15, 0.2) is 0 Å². The number of fused-ring (bicyclic) bond motifs is 2. The Morgan fingerprint density at radius 3 is 3.00 bits per heavy atom. The number of aromatic amines is 1. The number of nitrogens with zero attached hydrogens (tertiary/aromatic N) is 1. The van der Waals surface area contributed by atoms with Crippen LogP contribution in [0.1, 0.15) is 29.2 Å². The van der Waals surface area contributed by atoms with Gasteiger partial charge in [0.25, 0.3) is 0 Å². The van der Waals surface area contributed by atoms with Crippen LogP contribution >= 0.6 is 0 Å². The molecule has 144 valence electrons. The van der Waals surface area contributed by atoms with Gasteiger partial charge in [-0.2, -0.15) is 0 Å². The second kappa shape index (κ2) is 6.93. The minimum absolute atomic E-state index is 0.0557. The molecule has 3 aliphatic rings. The third-order valence-corrected chi connectivity index (χ3v) is 6.54. The fourth-order valence-electron chi connectivity index (χ4n) is 5.17. The van der Waals surface area contributed by atoms with Crippen molar-refractivity contribution in [3.05, 3.63) is 35.0 Å². The number of methoxy groups -OCH3 is 1. The predicted molar refractivity (Wildman–Crippen MR) is 103 cm³/mol. The topological polar surface area (TPSA) is 66.6 Å². The van der Waals surface area contributed by atoms with Crippen molar-refractivity contribution in [1.29, 1.82) is 0 Å². The van der Waals surface area contributed by atoms with Gasteiger partial charge in [-0.25, -0.2) is 0 Å². The lowest BCUT2D eigenvalue weighted by Crippen LogP contribution is -2.49. The molecule has 1 aromatic heterocycles. The number of carbonyl (C=O) groups is 1. The molecule has 2 aliphatic heterocycles. The molecule has 27 heavy (non-hydrogen) atoms. The van der Waals surface area contributed by atoms with Gasteiger partial charge < -0.3 is 19.8 Å². The molecule has 2 fully saturated rings. The quantitative estimate of drug-likeness (QED) is 0.808. The average molecular weight is 369 g/mol. The number of carbonyl (C=O) groups excluding carboxylic acids is 1. The first-order chi connectivity index (χ1) is 13.2. The molecule has 6 heteroatoms. The lowest BCUT2D eigenvalue weighted by Gasteiger charge is -2.39. The number of ether oxygens (including phenoxy) is 2. The van der Waals surface area contributed by atoms with Crippen LogP contribution in [0.15, 0.2) is 18.2 Å². The number of hydrogen-bond acceptors (Lipinski definition) is 5. The predicted octanol–water partition coefficient (Wildman–Crippen LogP) is 1.79. The molecule has 0 radical (unpaired) electrons. The maximum Gasteiger partial charge on any atom is 0.309 e. The number of nitrogens with one attached hydrogen (secondary N) is 2. The Balaban J connectivity index is 1.50. The summed E-state index contributed by atoms with van der Waals surface area (Å²) < 4.78 is 10.5. The van der Waals surface area contributed by atoms with Gasteiger partial charge in [0, 0.05) is 54.7 Å². The average Bonchev–Trinajstić information content (AvgIpc) is 3.06. The summed E-state index contributed by atoms with van der Waals surface area (Å²) in [5, 5.41) is 5.03. The summed E-state index contributed by atoms with van der Waals surface area (Å²) in [6.45, 7) is 5.29. The second-order valence-electron chi connectivity index (χ2n) is 8.02. The highest BCUT2D eigenvalue weighted by molar-refractivity contribution is 5.90. The van der Waals surface area contributed by atoms with Gasteiger partial charge in [0.2, 0.25) is 0 Å². The van der Waals surface area contributed by atoms with Crippen LogP contribution in [0.2, 0.25) is 0 Å². The summed E-state index contributed by atoms with van der Waals surface area (Å²) in [5.41, 5.74) is 5.40. The van der Waals surface area contributed by atoms with Crippen LogP contribution in [-0.4, -0.2) is 61.9 Å². The Hall–Kier alpha value is -1.89. The smallest absolute Gasteiger partial charge is 0.309 e. The summed E-state index contributed by atoms with van der Waals surface area (Å²) in [6.07, 6.45) is 1.89. The van der Waals surface area contributed by atoms with Gasteiger partial charge in [0.1, 0.15) is 0 Å². The minimum Gasteiger partial charge on any atom is -0.469 e. The SMILES string of the molecule is COC(=O)[C@H]1CN[C@@H]2Cc3c(CN4CCOCC4)[nH]c4cccc(c34)[C@H]2C1. The van der Waals surface area contributed by atoms with Gasteiger partial charge >= 0.3 is 5.97 Å². The van der Waals surface area contributed by atoms with E-state index in [0.29, 0.717) is 18.5 Å². The number of aromatic nitrogens is 1. The maximum atomic E-state index is 12.1. The molecule has 1 aromatic carbocycles. The highest BCUT2D eigenvalue weighted by atomic mass is 16.5. The van der Waals surface area contributed by atoms with Gasteiger partial charge in [-0.1, -0.05) is 12.1 Å². The molecule has 6 nitrogen and oxygen atoms in total. The Labute approximate surface area is 159 Å². The molecule has 2 N–H and O–H groups in total. The van der Waals surface area contributed by atoms with E-state index in [-0.39, 0.29) is 11.9 Å². The first-order valence-electron chi connectivity index (χ1n) is 9.98. The number of morpholine rings is 1. The Morgan fingerprint density at radius 1 is 1.33 bits per heavy atom. The number of piperidine rings is 1. The van der Waals surface area contributed by atoms with Crippen molar-refractivity contribution < 1.29 is 14.3 Å². The Morgan fingerprint density at radius 2 is 2.19 bits per heavy atom. The van der Waals surface area contributed by atoms with E-state index in [1.165, 1.54) is 34.8 Å².